The number of hydrogen-bond donors (Lipinski definition) is 1. The van der Waals surface area contributed by atoms with Crippen molar-refractivity contribution < 1.29 is 4.79 Å². The molecule has 1 aromatic heterocycles. The lowest BCUT2D eigenvalue weighted by Crippen LogP contribution is -2.32. The summed E-state index contributed by atoms with van der Waals surface area (Å²) in [6, 6.07) is 2.04. The van der Waals surface area contributed by atoms with Crippen LogP contribution < -0.4 is 10.2 Å². The second-order valence-electron chi connectivity index (χ2n) is 6.53. The first-order valence-corrected chi connectivity index (χ1v) is 8.59. The number of amides is 1. The number of carbonyl (C=O) groups excluding carboxylic acids is 1. The molecule has 0 spiro atoms. The topological polar surface area (TPSA) is 58.1 Å². The van der Waals surface area contributed by atoms with Crippen LogP contribution in [0.1, 0.15) is 56.5 Å². The molecule has 1 aromatic rings. The van der Waals surface area contributed by atoms with Crippen molar-refractivity contribution in [3.8, 4) is 0 Å². The molecule has 3 rings (SSSR count). The summed E-state index contributed by atoms with van der Waals surface area (Å²) in [7, 11) is 0. The van der Waals surface area contributed by atoms with E-state index < -0.39 is 0 Å². The van der Waals surface area contributed by atoms with Crippen LogP contribution in [0.4, 0.5) is 5.82 Å². The van der Waals surface area contributed by atoms with E-state index in [0.29, 0.717) is 6.54 Å². The molecule has 1 saturated carbocycles. The molecule has 2 fully saturated rings. The van der Waals surface area contributed by atoms with Gasteiger partial charge in [0.2, 0.25) is 5.91 Å². The molecule has 1 N–H and O–H groups in total. The Labute approximate surface area is 132 Å². The predicted octanol–water partition coefficient (Wildman–Crippen LogP) is 2.58. The summed E-state index contributed by atoms with van der Waals surface area (Å²) < 4.78 is 0. The summed E-state index contributed by atoms with van der Waals surface area (Å²) in [6.07, 6.45) is 8.15. The highest BCUT2D eigenvalue weighted by atomic mass is 16.1. The summed E-state index contributed by atoms with van der Waals surface area (Å²) in [6.45, 7) is 4.58. The Balaban J connectivity index is 1.60. The Kier molecular flexibility index (Phi) is 4.90. The zero-order valence-electron chi connectivity index (χ0n) is 13.5. The van der Waals surface area contributed by atoms with Crippen molar-refractivity contribution in [1.82, 2.24) is 15.3 Å². The van der Waals surface area contributed by atoms with Crippen LogP contribution in [0.5, 0.6) is 0 Å². The largest absolute Gasteiger partial charge is 0.357 e. The van der Waals surface area contributed by atoms with Crippen molar-refractivity contribution in [2.75, 3.05) is 18.0 Å². The quantitative estimate of drug-likeness (QED) is 0.928. The van der Waals surface area contributed by atoms with Gasteiger partial charge in [0.05, 0.1) is 6.54 Å². The number of hydrogen-bond acceptors (Lipinski definition) is 4. The Bertz CT molecular complexity index is 519. The van der Waals surface area contributed by atoms with Crippen LogP contribution >= 0.6 is 0 Å². The number of nitrogens with one attached hydrogen (secondary N) is 1. The highest BCUT2D eigenvalue weighted by Gasteiger charge is 2.21. The standard InChI is InChI=1S/C17H26N4O/c1-13-11-16(21-9-5-6-10-21)20-15(19-13)12-18-17(22)14-7-3-2-4-8-14/h11,14H,2-10,12H2,1H3,(H,18,22). The number of aryl methyl sites for hydroxylation is 1. The zero-order chi connectivity index (χ0) is 15.4. The molecule has 1 amide bonds. The average Bonchev–Trinajstić information content (AvgIpc) is 3.07. The maximum atomic E-state index is 12.2. The van der Waals surface area contributed by atoms with Crippen LogP contribution in [0.3, 0.4) is 0 Å². The Morgan fingerprint density at radius 1 is 1.18 bits per heavy atom. The monoisotopic (exact) mass is 302 g/mol. The van der Waals surface area contributed by atoms with E-state index in [0.717, 1.165) is 43.3 Å². The third kappa shape index (κ3) is 3.76. The maximum absolute atomic E-state index is 12.2. The normalized spacial score (nSPS) is 19.4. The summed E-state index contributed by atoms with van der Waals surface area (Å²) in [5, 5.41) is 3.03. The lowest BCUT2D eigenvalue weighted by molar-refractivity contribution is -0.126. The molecule has 1 aliphatic heterocycles. The molecule has 5 heteroatoms. The highest BCUT2D eigenvalue weighted by Crippen LogP contribution is 2.23. The van der Waals surface area contributed by atoms with Crippen LogP contribution in [0.15, 0.2) is 6.07 Å². The molecule has 5 nitrogen and oxygen atoms in total. The molecule has 0 bridgehead atoms. The molecule has 0 atom stereocenters. The van der Waals surface area contributed by atoms with Crippen LogP contribution in [0, 0.1) is 12.8 Å². The Morgan fingerprint density at radius 3 is 2.64 bits per heavy atom. The zero-order valence-corrected chi connectivity index (χ0v) is 13.5. The number of carbonyl (C=O) groups is 1. The molecular weight excluding hydrogens is 276 g/mol. The van der Waals surface area contributed by atoms with E-state index in [1.54, 1.807) is 0 Å². The summed E-state index contributed by atoms with van der Waals surface area (Å²) >= 11 is 0. The molecule has 1 aliphatic carbocycles. The van der Waals surface area contributed by atoms with Gasteiger partial charge in [-0.2, -0.15) is 0 Å². The van der Waals surface area contributed by atoms with Crippen LogP contribution in [0.25, 0.3) is 0 Å². The van der Waals surface area contributed by atoms with Gasteiger partial charge in [0.1, 0.15) is 11.6 Å². The highest BCUT2D eigenvalue weighted by molar-refractivity contribution is 5.78. The Hall–Kier alpha value is -1.65. The summed E-state index contributed by atoms with van der Waals surface area (Å²) in [4.78, 5) is 23.6. The molecule has 2 heterocycles. The lowest BCUT2D eigenvalue weighted by Gasteiger charge is -2.21. The van der Waals surface area contributed by atoms with E-state index in [9.17, 15) is 4.79 Å². The van der Waals surface area contributed by atoms with Gasteiger partial charge in [-0.05, 0) is 32.6 Å². The van der Waals surface area contributed by atoms with E-state index >= 15 is 0 Å². The smallest absolute Gasteiger partial charge is 0.223 e. The minimum atomic E-state index is 0.174. The second kappa shape index (κ2) is 7.07. The molecule has 120 valence electrons. The lowest BCUT2D eigenvalue weighted by atomic mass is 9.89. The number of nitrogens with zero attached hydrogens (tertiary/aromatic N) is 3. The van der Waals surface area contributed by atoms with Gasteiger partial charge in [-0.3, -0.25) is 4.79 Å². The Morgan fingerprint density at radius 2 is 1.91 bits per heavy atom. The van der Waals surface area contributed by atoms with E-state index in [1.165, 1.54) is 32.1 Å². The van der Waals surface area contributed by atoms with Gasteiger partial charge in [0.15, 0.2) is 0 Å². The van der Waals surface area contributed by atoms with Crippen molar-refractivity contribution in [2.24, 2.45) is 5.92 Å². The van der Waals surface area contributed by atoms with Gasteiger partial charge in [0.25, 0.3) is 0 Å². The summed E-state index contributed by atoms with van der Waals surface area (Å²) in [5.41, 5.74) is 0.971. The van der Waals surface area contributed by atoms with Gasteiger partial charge < -0.3 is 10.2 Å². The maximum Gasteiger partial charge on any atom is 0.223 e. The van der Waals surface area contributed by atoms with Crippen molar-refractivity contribution in [3.05, 3.63) is 17.6 Å². The van der Waals surface area contributed by atoms with Crippen molar-refractivity contribution in [2.45, 2.75) is 58.4 Å². The van der Waals surface area contributed by atoms with Crippen LogP contribution in [0.2, 0.25) is 0 Å². The van der Waals surface area contributed by atoms with Crippen molar-refractivity contribution in [3.63, 3.8) is 0 Å². The minimum absolute atomic E-state index is 0.174. The number of rotatable bonds is 4. The molecule has 1 saturated heterocycles. The van der Waals surface area contributed by atoms with E-state index in [-0.39, 0.29) is 11.8 Å². The number of aromatic nitrogens is 2. The molecule has 0 radical (unpaired) electrons. The third-order valence-electron chi connectivity index (χ3n) is 4.71. The molecule has 2 aliphatic rings. The first-order valence-electron chi connectivity index (χ1n) is 8.59. The van der Waals surface area contributed by atoms with Crippen LogP contribution in [-0.2, 0) is 11.3 Å². The van der Waals surface area contributed by atoms with Crippen molar-refractivity contribution >= 4 is 11.7 Å². The van der Waals surface area contributed by atoms with E-state index in [1.807, 2.05) is 13.0 Å². The molecular formula is C17H26N4O. The fourth-order valence-corrected chi connectivity index (χ4v) is 3.47. The van der Waals surface area contributed by atoms with Crippen molar-refractivity contribution in [1.29, 1.82) is 0 Å². The van der Waals surface area contributed by atoms with Gasteiger partial charge in [-0.1, -0.05) is 19.3 Å². The molecule has 22 heavy (non-hydrogen) atoms. The van der Waals surface area contributed by atoms with Gasteiger partial charge >= 0.3 is 0 Å². The SMILES string of the molecule is Cc1cc(N2CCCC2)nc(CNC(=O)C2CCCCC2)n1. The molecule has 0 aromatic carbocycles. The fraction of sp³-hybridized carbons (Fsp3) is 0.706. The molecule has 0 unspecified atom stereocenters. The average molecular weight is 302 g/mol. The minimum Gasteiger partial charge on any atom is -0.357 e. The van der Waals surface area contributed by atoms with E-state index in [2.05, 4.69) is 20.2 Å². The van der Waals surface area contributed by atoms with Crippen LogP contribution in [-0.4, -0.2) is 29.0 Å². The first kappa shape index (κ1) is 15.3. The second-order valence-corrected chi connectivity index (χ2v) is 6.53. The first-order chi connectivity index (χ1) is 10.7. The fourth-order valence-electron chi connectivity index (χ4n) is 3.47. The predicted molar refractivity (Wildman–Crippen MR) is 86.6 cm³/mol. The van der Waals surface area contributed by atoms with Gasteiger partial charge in [-0.25, -0.2) is 9.97 Å². The summed E-state index contributed by atoms with van der Waals surface area (Å²) in [5.74, 6) is 2.10. The number of anilines is 1. The third-order valence-corrected chi connectivity index (χ3v) is 4.71. The van der Waals surface area contributed by atoms with Gasteiger partial charge in [0, 0.05) is 30.8 Å². The van der Waals surface area contributed by atoms with Gasteiger partial charge in [-0.15, -0.1) is 0 Å². The van der Waals surface area contributed by atoms with E-state index in [4.69, 9.17) is 0 Å².